The molecule has 1 N–H and O–H groups in total. The summed E-state index contributed by atoms with van der Waals surface area (Å²) < 4.78 is 10.4. The molecule has 0 bridgehead atoms. The van der Waals surface area contributed by atoms with Crippen LogP contribution in [0.5, 0.6) is 0 Å². The number of halogens is 1. The predicted octanol–water partition coefficient (Wildman–Crippen LogP) is 2.44. The molecule has 144 valence electrons. The number of carbonyl (C=O) groups excluding carboxylic acids is 1. The molecule has 3 aromatic rings. The lowest BCUT2D eigenvalue weighted by molar-refractivity contribution is -0.945. The molecule has 0 spiro atoms. The van der Waals surface area contributed by atoms with Crippen LogP contribution in [0.15, 0.2) is 51.7 Å². The normalized spacial score (nSPS) is 18.7. The van der Waals surface area contributed by atoms with E-state index < -0.39 is 5.63 Å². The number of hydrogen-bond acceptors (Lipinski definition) is 4. The van der Waals surface area contributed by atoms with E-state index in [2.05, 4.69) is 12.1 Å². The molecule has 2 atom stereocenters. The lowest BCUT2D eigenvalue weighted by Gasteiger charge is -2.32. The highest BCUT2D eigenvalue weighted by Gasteiger charge is 2.36. The molecular formula is C22H21ClNO4+. The van der Waals surface area contributed by atoms with Crippen LogP contribution in [0.1, 0.15) is 22.3 Å². The van der Waals surface area contributed by atoms with Crippen molar-refractivity contribution >= 4 is 28.5 Å². The van der Waals surface area contributed by atoms with E-state index in [4.69, 9.17) is 20.8 Å². The summed E-state index contributed by atoms with van der Waals surface area (Å²) in [5.41, 5.74) is 4.14. The number of benzene rings is 2. The number of quaternary nitrogens is 1. The van der Waals surface area contributed by atoms with Crippen LogP contribution >= 0.6 is 11.6 Å². The number of methoxy groups -OCH3 is 1. The standard InChI is InChI=1S/C22H20ClNO4/c1-13-7-20-17(10-18(13)23)16(9-21(25)28-20)12-24-11-15-6-4-3-5-14(15)8-19(24)22(26)27-2/h3-7,9-10,19H,8,11-12H2,1-2H3/p+1/t19-/m0/s1. The summed E-state index contributed by atoms with van der Waals surface area (Å²) in [5.74, 6) is -0.245. The fraction of sp³-hybridized carbons (Fsp3) is 0.273. The maximum absolute atomic E-state index is 12.5. The first-order valence-corrected chi connectivity index (χ1v) is 9.56. The van der Waals surface area contributed by atoms with Gasteiger partial charge < -0.3 is 14.1 Å². The van der Waals surface area contributed by atoms with Crippen molar-refractivity contribution in [3.05, 3.63) is 80.2 Å². The molecule has 0 fully saturated rings. The quantitative estimate of drug-likeness (QED) is 0.543. The van der Waals surface area contributed by atoms with E-state index in [-0.39, 0.29) is 12.0 Å². The van der Waals surface area contributed by atoms with Crippen LogP contribution in [0.3, 0.4) is 0 Å². The molecule has 28 heavy (non-hydrogen) atoms. The molecule has 1 aromatic heterocycles. The predicted molar refractivity (Wildman–Crippen MR) is 107 cm³/mol. The van der Waals surface area contributed by atoms with Gasteiger partial charge in [-0.25, -0.2) is 9.59 Å². The molecule has 5 nitrogen and oxygen atoms in total. The summed E-state index contributed by atoms with van der Waals surface area (Å²) in [6.07, 6.45) is 0.609. The van der Waals surface area contributed by atoms with Crippen LogP contribution in [0.2, 0.25) is 5.02 Å². The molecule has 1 aliphatic rings. The number of ether oxygens (including phenoxy) is 1. The molecule has 0 aliphatic carbocycles. The second-order valence-electron chi connectivity index (χ2n) is 7.25. The fourth-order valence-electron chi connectivity index (χ4n) is 3.98. The lowest BCUT2D eigenvalue weighted by atomic mass is 9.93. The Morgan fingerprint density at radius 1 is 1.25 bits per heavy atom. The highest BCUT2D eigenvalue weighted by Crippen LogP contribution is 2.25. The van der Waals surface area contributed by atoms with Crippen LogP contribution in [0.4, 0.5) is 0 Å². The van der Waals surface area contributed by atoms with E-state index in [1.165, 1.54) is 18.7 Å². The topological polar surface area (TPSA) is 61.0 Å². The number of carbonyl (C=O) groups is 1. The van der Waals surface area contributed by atoms with E-state index >= 15 is 0 Å². The zero-order valence-corrected chi connectivity index (χ0v) is 16.5. The van der Waals surface area contributed by atoms with Crippen molar-refractivity contribution in [1.82, 2.24) is 0 Å². The number of esters is 1. The smallest absolute Gasteiger partial charge is 0.365 e. The van der Waals surface area contributed by atoms with Gasteiger partial charge in [-0.1, -0.05) is 35.9 Å². The van der Waals surface area contributed by atoms with E-state index in [9.17, 15) is 9.59 Å². The highest BCUT2D eigenvalue weighted by molar-refractivity contribution is 6.32. The van der Waals surface area contributed by atoms with Gasteiger partial charge >= 0.3 is 11.6 Å². The van der Waals surface area contributed by atoms with Crippen molar-refractivity contribution in [3.63, 3.8) is 0 Å². The first-order chi connectivity index (χ1) is 13.5. The largest absolute Gasteiger partial charge is 0.465 e. The van der Waals surface area contributed by atoms with Crippen molar-refractivity contribution < 1.29 is 18.8 Å². The van der Waals surface area contributed by atoms with E-state index in [0.29, 0.717) is 30.1 Å². The van der Waals surface area contributed by atoms with Crippen LogP contribution < -0.4 is 10.5 Å². The fourth-order valence-corrected chi connectivity index (χ4v) is 4.14. The summed E-state index contributed by atoms with van der Waals surface area (Å²) in [4.78, 5) is 25.6. The van der Waals surface area contributed by atoms with Crippen molar-refractivity contribution in [1.29, 1.82) is 0 Å². The molecular weight excluding hydrogens is 378 g/mol. The second-order valence-corrected chi connectivity index (χ2v) is 7.66. The first kappa shape index (κ1) is 18.7. The first-order valence-electron chi connectivity index (χ1n) is 9.18. The monoisotopic (exact) mass is 398 g/mol. The summed E-state index contributed by atoms with van der Waals surface area (Å²) in [5, 5.41) is 1.41. The molecule has 1 aliphatic heterocycles. The Morgan fingerprint density at radius 3 is 2.75 bits per heavy atom. The summed E-state index contributed by atoms with van der Waals surface area (Å²) in [7, 11) is 1.41. The molecule has 2 heterocycles. The zero-order chi connectivity index (χ0) is 19.8. The highest BCUT2D eigenvalue weighted by atomic mass is 35.5. The number of fused-ring (bicyclic) bond motifs is 2. The van der Waals surface area contributed by atoms with Gasteiger partial charge in [-0.05, 0) is 30.2 Å². The van der Waals surface area contributed by atoms with Crippen molar-refractivity contribution in [3.8, 4) is 0 Å². The zero-order valence-electron chi connectivity index (χ0n) is 15.8. The van der Waals surface area contributed by atoms with E-state index in [0.717, 1.165) is 27.0 Å². The second kappa shape index (κ2) is 7.41. The third kappa shape index (κ3) is 3.43. The minimum atomic E-state index is -0.407. The van der Waals surface area contributed by atoms with Gasteiger partial charge in [0.15, 0.2) is 6.04 Å². The molecule has 0 radical (unpaired) electrons. The molecule has 4 rings (SSSR count). The molecule has 6 heteroatoms. The van der Waals surface area contributed by atoms with Gasteiger partial charge in [-0.3, -0.25) is 0 Å². The number of aryl methyl sites for hydroxylation is 1. The van der Waals surface area contributed by atoms with Crippen molar-refractivity contribution in [2.75, 3.05) is 7.11 Å². The summed E-state index contributed by atoms with van der Waals surface area (Å²) >= 11 is 6.31. The van der Waals surface area contributed by atoms with Gasteiger partial charge in [0.1, 0.15) is 18.7 Å². The number of nitrogens with one attached hydrogen (secondary N) is 1. The summed E-state index contributed by atoms with van der Waals surface area (Å²) in [6.45, 7) is 3.04. The van der Waals surface area contributed by atoms with Gasteiger partial charge in [0, 0.05) is 34.0 Å². The van der Waals surface area contributed by atoms with Crippen LogP contribution in [0.25, 0.3) is 11.0 Å². The Kier molecular flexibility index (Phi) is 4.96. The van der Waals surface area contributed by atoms with Crippen LogP contribution in [-0.4, -0.2) is 19.1 Å². The summed E-state index contributed by atoms with van der Waals surface area (Å²) in [6, 6.07) is 12.9. The van der Waals surface area contributed by atoms with Crippen LogP contribution in [-0.2, 0) is 29.0 Å². The Bertz CT molecular complexity index is 1120. The van der Waals surface area contributed by atoms with Crippen LogP contribution in [0, 0.1) is 6.92 Å². The van der Waals surface area contributed by atoms with Gasteiger partial charge in [-0.15, -0.1) is 0 Å². The SMILES string of the molecule is COC(=O)[C@@H]1Cc2ccccc2C[NH+]1Cc1cc(=O)oc2cc(C)c(Cl)cc12. The third-order valence-corrected chi connectivity index (χ3v) is 5.87. The lowest BCUT2D eigenvalue weighted by Crippen LogP contribution is -3.15. The minimum Gasteiger partial charge on any atom is -0.465 e. The Morgan fingerprint density at radius 2 is 2.00 bits per heavy atom. The Hall–Kier alpha value is -2.63. The molecule has 0 amide bonds. The van der Waals surface area contributed by atoms with Gasteiger partial charge in [0.05, 0.1) is 7.11 Å². The molecule has 2 aromatic carbocycles. The van der Waals surface area contributed by atoms with Gasteiger partial charge in [0.25, 0.3) is 0 Å². The van der Waals surface area contributed by atoms with E-state index in [1.54, 1.807) is 6.07 Å². The Labute approximate surface area is 167 Å². The third-order valence-electron chi connectivity index (χ3n) is 5.47. The Balaban J connectivity index is 1.77. The molecule has 0 saturated heterocycles. The van der Waals surface area contributed by atoms with Gasteiger partial charge in [-0.2, -0.15) is 0 Å². The maximum Gasteiger partial charge on any atom is 0.365 e. The molecule has 1 unspecified atom stereocenters. The maximum atomic E-state index is 12.5. The van der Waals surface area contributed by atoms with Crippen molar-refractivity contribution in [2.45, 2.75) is 32.5 Å². The average molecular weight is 399 g/mol. The van der Waals surface area contributed by atoms with Crippen molar-refractivity contribution in [2.24, 2.45) is 0 Å². The van der Waals surface area contributed by atoms with E-state index in [1.807, 2.05) is 25.1 Å². The average Bonchev–Trinajstić information content (AvgIpc) is 2.68. The number of rotatable bonds is 3. The molecule has 0 saturated carbocycles. The van der Waals surface area contributed by atoms with Gasteiger partial charge in [0.2, 0.25) is 0 Å². The minimum absolute atomic E-state index is 0.245. The number of hydrogen-bond donors (Lipinski definition) is 1.